The molecule has 0 heterocycles. The van der Waals surface area contributed by atoms with Gasteiger partial charge in [0.05, 0.1) is 5.92 Å². The summed E-state index contributed by atoms with van der Waals surface area (Å²) in [4.78, 5) is 21.6. The van der Waals surface area contributed by atoms with Gasteiger partial charge in [-0.25, -0.2) is 0 Å². The summed E-state index contributed by atoms with van der Waals surface area (Å²) in [7, 11) is 0. The molecule has 1 aromatic carbocycles. The third-order valence-corrected chi connectivity index (χ3v) is 3.45. The number of carboxylic acids is 1. The third-order valence-electron chi connectivity index (χ3n) is 3.45. The van der Waals surface area contributed by atoms with E-state index < -0.39 is 17.4 Å². The molecule has 1 aromatic rings. The van der Waals surface area contributed by atoms with Gasteiger partial charge in [-0.05, 0) is 18.9 Å². The molecule has 1 atom stereocenters. The maximum Gasteiger partial charge on any atom is 0.303 e. The van der Waals surface area contributed by atoms with Gasteiger partial charge in [0.1, 0.15) is 0 Å². The Labute approximate surface area is 112 Å². The number of nitro groups is 1. The quantitative estimate of drug-likeness (QED) is 0.633. The van der Waals surface area contributed by atoms with Gasteiger partial charge in [0.25, 0.3) is 0 Å². The molecule has 5 nitrogen and oxygen atoms in total. The largest absolute Gasteiger partial charge is 0.481 e. The highest BCUT2D eigenvalue weighted by atomic mass is 16.6. The van der Waals surface area contributed by atoms with E-state index in [0.29, 0.717) is 0 Å². The Morgan fingerprint density at radius 3 is 2.32 bits per heavy atom. The highest BCUT2D eigenvalue weighted by Crippen LogP contribution is 2.34. The molecule has 1 unspecified atom stereocenters. The van der Waals surface area contributed by atoms with Crippen LogP contribution in [0.3, 0.4) is 0 Å². The molecule has 104 valence electrons. The summed E-state index contributed by atoms with van der Waals surface area (Å²) < 4.78 is 0. The molecule has 1 N–H and O–H groups in total. The molecule has 0 radical (unpaired) electrons. The van der Waals surface area contributed by atoms with Gasteiger partial charge in [0.15, 0.2) is 0 Å². The van der Waals surface area contributed by atoms with Crippen molar-refractivity contribution in [2.75, 3.05) is 0 Å². The average Bonchev–Trinajstić information content (AvgIpc) is 2.30. The summed E-state index contributed by atoms with van der Waals surface area (Å²) in [5.41, 5.74) is 0.693. The average molecular weight is 265 g/mol. The van der Waals surface area contributed by atoms with E-state index >= 15 is 0 Å². The van der Waals surface area contributed by atoms with Crippen LogP contribution in [0.2, 0.25) is 0 Å². The second-order valence-electron chi connectivity index (χ2n) is 5.31. The van der Waals surface area contributed by atoms with Crippen molar-refractivity contribution < 1.29 is 14.8 Å². The number of benzene rings is 1. The van der Waals surface area contributed by atoms with Crippen molar-refractivity contribution in [1.29, 1.82) is 0 Å². The molecule has 0 aliphatic rings. The summed E-state index contributed by atoms with van der Waals surface area (Å²) in [6.07, 6.45) is 0.183. The normalized spacial score (nSPS) is 13.0. The first-order valence-corrected chi connectivity index (χ1v) is 6.18. The van der Waals surface area contributed by atoms with Gasteiger partial charge in [0, 0.05) is 25.2 Å². The lowest BCUT2D eigenvalue weighted by atomic mass is 9.79. The Kier molecular flexibility index (Phi) is 4.64. The van der Waals surface area contributed by atoms with Crippen LogP contribution >= 0.6 is 0 Å². The standard InChI is InChI=1S/C14H19NO4/c1-10-4-6-11(7-5-10)12(8-9-13(16)17)14(2,3)15(18)19/h4-7,12H,8-9H2,1-3H3,(H,16,17). The van der Waals surface area contributed by atoms with Crippen molar-refractivity contribution in [2.45, 2.75) is 45.1 Å². The second-order valence-corrected chi connectivity index (χ2v) is 5.31. The number of carboxylic acid groups (broad SMARTS) is 1. The fourth-order valence-electron chi connectivity index (χ4n) is 2.12. The summed E-state index contributed by atoms with van der Waals surface area (Å²) in [6.45, 7) is 5.02. The first-order valence-electron chi connectivity index (χ1n) is 6.18. The number of hydrogen-bond donors (Lipinski definition) is 1. The van der Waals surface area contributed by atoms with Crippen molar-refractivity contribution in [3.8, 4) is 0 Å². The molecule has 0 fully saturated rings. The summed E-state index contributed by atoms with van der Waals surface area (Å²) in [5, 5.41) is 20.0. The predicted molar refractivity (Wildman–Crippen MR) is 71.9 cm³/mol. The van der Waals surface area contributed by atoms with Crippen LogP contribution in [-0.4, -0.2) is 21.5 Å². The van der Waals surface area contributed by atoms with Crippen LogP contribution in [-0.2, 0) is 4.79 Å². The summed E-state index contributed by atoms with van der Waals surface area (Å²) in [6, 6.07) is 7.46. The van der Waals surface area contributed by atoms with Crippen LogP contribution < -0.4 is 0 Å². The van der Waals surface area contributed by atoms with Crippen molar-refractivity contribution in [3.05, 3.63) is 45.5 Å². The van der Waals surface area contributed by atoms with Gasteiger partial charge in [-0.2, -0.15) is 0 Å². The zero-order valence-electron chi connectivity index (χ0n) is 11.4. The summed E-state index contributed by atoms with van der Waals surface area (Å²) in [5.74, 6) is -1.35. The highest BCUT2D eigenvalue weighted by Gasteiger charge is 2.41. The van der Waals surface area contributed by atoms with Crippen LogP contribution in [0.5, 0.6) is 0 Å². The van der Waals surface area contributed by atoms with E-state index in [1.54, 1.807) is 13.8 Å². The zero-order chi connectivity index (χ0) is 14.6. The Hall–Kier alpha value is -1.91. The number of aryl methyl sites for hydroxylation is 1. The minimum Gasteiger partial charge on any atom is -0.481 e. The Balaban J connectivity index is 3.08. The van der Waals surface area contributed by atoms with Gasteiger partial charge in [-0.1, -0.05) is 29.8 Å². The SMILES string of the molecule is Cc1ccc(C(CCC(=O)O)C(C)(C)[N+](=O)[O-])cc1. The van der Waals surface area contributed by atoms with E-state index in [1.165, 1.54) is 0 Å². The number of carbonyl (C=O) groups is 1. The fourth-order valence-corrected chi connectivity index (χ4v) is 2.12. The lowest BCUT2D eigenvalue weighted by Crippen LogP contribution is -2.38. The van der Waals surface area contributed by atoms with E-state index in [9.17, 15) is 14.9 Å². The van der Waals surface area contributed by atoms with Crippen molar-refractivity contribution in [3.63, 3.8) is 0 Å². The molecule has 1 rings (SSSR count). The monoisotopic (exact) mass is 265 g/mol. The molecule has 0 aliphatic carbocycles. The number of hydrogen-bond acceptors (Lipinski definition) is 3. The topological polar surface area (TPSA) is 80.4 Å². The molecule has 0 bridgehead atoms. The molecule has 0 saturated carbocycles. The molecule has 0 amide bonds. The number of nitrogens with zero attached hydrogens (tertiary/aromatic N) is 1. The Morgan fingerprint density at radius 1 is 1.37 bits per heavy atom. The number of aliphatic carboxylic acids is 1. The minimum atomic E-state index is -1.19. The third kappa shape index (κ3) is 3.77. The molecule has 0 saturated heterocycles. The van der Waals surface area contributed by atoms with Crippen molar-refractivity contribution in [1.82, 2.24) is 0 Å². The fraction of sp³-hybridized carbons (Fsp3) is 0.500. The van der Waals surface area contributed by atoms with Gasteiger partial charge in [0.2, 0.25) is 5.54 Å². The van der Waals surface area contributed by atoms with Crippen LogP contribution in [0, 0.1) is 17.0 Å². The predicted octanol–water partition coefficient (Wildman–Crippen LogP) is 3.00. The maximum atomic E-state index is 11.2. The van der Waals surface area contributed by atoms with Crippen LogP contribution in [0.15, 0.2) is 24.3 Å². The van der Waals surface area contributed by atoms with E-state index in [4.69, 9.17) is 5.11 Å². The van der Waals surface area contributed by atoms with Gasteiger partial charge >= 0.3 is 5.97 Å². The smallest absolute Gasteiger partial charge is 0.303 e. The van der Waals surface area contributed by atoms with E-state index in [0.717, 1.165) is 11.1 Å². The van der Waals surface area contributed by atoms with E-state index in [-0.39, 0.29) is 17.8 Å². The molecule has 0 spiro atoms. The van der Waals surface area contributed by atoms with E-state index in [1.807, 2.05) is 31.2 Å². The van der Waals surface area contributed by atoms with Gasteiger partial charge < -0.3 is 5.11 Å². The maximum absolute atomic E-state index is 11.2. The van der Waals surface area contributed by atoms with Gasteiger partial charge in [-0.15, -0.1) is 0 Å². The molecule has 0 aliphatic heterocycles. The first kappa shape index (κ1) is 15.1. The van der Waals surface area contributed by atoms with Crippen LogP contribution in [0.25, 0.3) is 0 Å². The Morgan fingerprint density at radius 2 is 1.89 bits per heavy atom. The molecule has 0 aromatic heterocycles. The van der Waals surface area contributed by atoms with Gasteiger partial charge in [-0.3, -0.25) is 14.9 Å². The minimum absolute atomic E-state index is 0.0736. The van der Waals surface area contributed by atoms with Crippen molar-refractivity contribution >= 4 is 5.97 Å². The molecule has 5 heteroatoms. The Bertz CT molecular complexity index is 465. The molecular weight excluding hydrogens is 246 g/mol. The second kappa shape index (κ2) is 5.82. The summed E-state index contributed by atoms with van der Waals surface area (Å²) >= 11 is 0. The van der Waals surface area contributed by atoms with Crippen molar-refractivity contribution in [2.24, 2.45) is 0 Å². The van der Waals surface area contributed by atoms with E-state index in [2.05, 4.69) is 0 Å². The lowest BCUT2D eigenvalue weighted by Gasteiger charge is -2.27. The lowest BCUT2D eigenvalue weighted by molar-refractivity contribution is -0.565. The molecular formula is C14H19NO4. The number of rotatable bonds is 6. The highest BCUT2D eigenvalue weighted by molar-refractivity contribution is 5.66. The van der Waals surface area contributed by atoms with Crippen LogP contribution in [0.1, 0.15) is 43.7 Å². The molecule has 19 heavy (non-hydrogen) atoms. The van der Waals surface area contributed by atoms with Crippen LogP contribution in [0.4, 0.5) is 0 Å². The zero-order valence-corrected chi connectivity index (χ0v) is 11.4. The first-order chi connectivity index (χ1) is 8.75.